The summed E-state index contributed by atoms with van der Waals surface area (Å²) in [4.78, 5) is 10.6. The highest BCUT2D eigenvalue weighted by molar-refractivity contribution is 5.43. The number of aryl methyl sites for hydroxylation is 2. The predicted octanol–water partition coefficient (Wildman–Crippen LogP) is 2.37. The van der Waals surface area contributed by atoms with Crippen LogP contribution >= 0.6 is 0 Å². The molecular formula is C14H19N5O2. The van der Waals surface area contributed by atoms with Gasteiger partial charge in [-0.15, -0.1) is 10.2 Å². The molecule has 0 aliphatic rings. The van der Waals surface area contributed by atoms with E-state index in [1.807, 2.05) is 24.5 Å². The van der Waals surface area contributed by atoms with Gasteiger partial charge >= 0.3 is 0 Å². The van der Waals surface area contributed by atoms with E-state index in [0.29, 0.717) is 12.1 Å². The summed E-state index contributed by atoms with van der Waals surface area (Å²) < 4.78 is 1.96. The highest BCUT2D eigenvalue weighted by Crippen LogP contribution is 2.23. The lowest BCUT2D eigenvalue weighted by Gasteiger charge is -2.14. The Morgan fingerprint density at radius 1 is 1.48 bits per heavy atom. The zero-order valence-corrected chi connectivity index (χ0v) is 12.4. The molecule has 1 heterocycles. The van der Waals surface area contributed by atoms with Gasteiger partial charge in [0.1, 0.15) is 12.2 Å². The molecule has 0 aliphatic carbocycles. The van der Waals surface area contributed by atoms with Gasteiger partial charge in [0.15, 0.2) is 0 Å². The molecule has 1 aromatic heterocycles. The Balaban J connectivity index is 2.08. The zero-order valence-electron chi connectivity index (χ0n) is 12.4. The Morgan fingerprint density at radius 3 is 2.90 bits per heavy atom. The number of nitro groups is 1. The van der Waals surface area contributed by atoms with Crippen molar-refractivity contribution in [3.63, 3.8) is 0 Å². The number of rotatable bonds is 6. The Labute approximate surface area is 123 Å². The molecule has 0 amide bonds. The van der Waals surface area contributed by atoms with Crippen molar-refractivity contribution >= 4 is 5.69 Å². The fourth-order valence-electron chi connectivity index (χ4n) is 2.13. The number of hydrogen-bond donors (Lipinski definition) is 1. The van der Waals surface area contributed by atoms with Gasteiger partial charge in [0.05, 0.1) is 11.5 Å². The number of hydrogen-bond acceptors (Lipinski definition) is 5. The van der Waals surface area contributed by atoms with E-state index in [1.165, 1.54) is 0 Å². The first-order valence-electron chi connectivity index (χ1n) is 6.88. The molecule has 0 fully saturated rings. The van der Waals surface area contributed by atoms with Crippen LogP contribution in [0, 0.1) is 17.0 Å². The molecule has 7 nitrogen and oxygen atoms in total. The Bertz CT molecular complexity index is 638. The van der Waals surface area contributed by atoms with Gasteiger partial charge in [-0.1, -0.05) is 12.1 Å². The third kappa shape index (κ3) is 3.43. The molecule has 1 N–H and O–H groups in total. The molecule has 0 saturated heterocycles. The Morgan fingerprint density at radius 2 is 2.24 bits per heavy atom. The number of aromatic nitrogens is 3. The second-order valence-corrected chi connectivity index (χ2v) is 4.94. The van der Waals surface area contributed by atoms with Crippen molar-refractivity contribution in [2.75, 3.05) is 0 Å². The fourth-order valence-corrected chi connectivity index (χ4v) is 2.13. The minimum atomic E-state index is -0.348. The molecule has 0 spiro atoms. The van der Waals surface area contributed by atoms with E-state index in [1.54, 1.807) is 25.4 Å². The van der Waals surface area contributed by atoms with E-state index in [4.69, 9.17) is 0 Å². The van der Waals surface area contributed by atoms with Crippen molar-refractivity contribution in [2.24, 2.45) is 0 Å². The maximum Gasteiger partial charge on any atom is 0.272 e. The van der Waals surface area contributed by atoms with Gasteiger partial charge in [-0.05, 0) is 26.3 Å². The molecule has 0 saturated carbocycles. The molecule has 1 atom stereocenters. The quantitative estimate of drug-likeness (QED) is 0.651. The van der Waals surface area contributed by atoms with Crippen LogP contribution in [0.1, 0.15) is 36.8 Å². The second kappa shape index (κ2) is 6.45. The van der Waals surface area contributed by atoms with E-state index in [9.17, 15) is 10.1 Å². The predicted molar refractivity (Wildman–Crippen MR) is 78.8 cm³/mol. The summed E-state index contributed by atoms with van der Waals surface area (Å²) >= 11 is 0. The molecule has 1 aromatic carbocycles. The number of nitrogens with one attached hydrogen (secondary N) is 1. The van der Waals surface area contributed by atoms with E-state index in [0.717, 1.165) is 17.9 Å². The van der Waals surface area contributed by atoms with E-state index < -0.39 is 0 Å². The molecule has 0 radical (unpaired) electrons. The zero-order chi connectivity index (χ0) is 15.4. The van der Waals surface area contributed by atoms with Crippen molar-refractivity contribution in [1.82, 2.24) is 20.1 Å². The largest absolute Gasteiger partial charge is 0.317 e. The maximum absolute atomic E-state index is 11.0. The van der Waals surface area contributed by atoms with Crippen LogP contribution in [0.3, 0.4) is 0 Å². The van der Waals surface area contributed by atoms with Crippen molar-refractivity contribution in [3.05, 3.63) is 51.6 Å². The first-order chi connectivity index (χ1) is 10.0. The van der Waals surface area contributed by atoms with Crippen LogP contribution in [0.15, 0.2) is 24.5 Å². The summed E-state index contributed by atoms with van der Waals surface area (Å²) in [5.41, 5.74) is 1.70. The number of benzene rings is 1. The monoisotopic (exact) mass is 289 g/mol. The van der Waals surface area contributed by atoms with Crippen LogP contribution in [0.5, 0.6) is 0 Å². The molecule has 0 bridgehead atoms. The summed E-state index contributed by atoms with van der Waals surface area (Å²) in [6, 6.07) is 5.30. The average Bonchev–Trinajstić information content (AvgIpc) is 2.92. The molecule has 2 rings (SSSR count). The Hall–Kier alpha value is -2.28. The second-order valence-electron chi connectivity index (χ2n) is 4.94. The van der Waals surface area contributed by atoms with Crippen LogP contribution in [-0.4, -0.2) is 19.7 Å². The summed E-state index contributed by atoms with van der Waals surface area (Å²) in [6.45, 7) is 7.12. The topological polar surface area (TPSA) is 85.9 Å². The first-order valence-corrected chi connectivity index (χ1v) is 6.88. The van der Waals surface area contributed by atoms with Gasteiger partial charge in [-0.2, -0.15) is 0 Å². The highest BCUT2D eigenvalue weighted by Gasteiger charge is 2.14. The van der Waals surface area contributed by atoms with Gasteiger partial charge in [0.2, 0.25) is 0 Å². The fraction of sp³-hybridized carbons (Fsp3) is 0.429. The summed E-state index contributed by atoms with van der Waals surface area (Å²) in [7, 11) is 0. The minimum absolute atomic E-state index is 0.00805. The van der Waals surface area contributed by atoms with Gasteiger partial charge in [0.25, 0.3) is 5.69 Å². The third-order valence-electron chi connectivity index (χ3n) is 3.53. The number of nitrogens with zero attached hydrogens (tertiary/aromatic N) is 4. The van der Waals surface area contributed by atoms with Crippen LogP contribution in [0.4, 0.5) is 5.69 Å². The lowest BCUT2D eigenvalue weighted by atomic mass is 10.0. The molecule has 1 unspecified atom stereocenters. The third-order valence-corrected chi connectivity index (χ3v) is 3.53. The van der Waals surface area contributed by atoms with Gasteiger partial charge in [-0.3, -0.25) is 10.1 Å². The standard InChI is InChI=1S/C14H19N5O2/c1-4-18-9-16-17-14(18)8-15-11(3)12-6-5-10(2)13(7-12)19(20)21/h5-7,9,11,15H,4,8H2,1-3H3. The van der Waals surface area contributed by atoms with Crippen molar-refractivity contribution in [2.45, 2.75) is 39.9 Å². The smallest absolute Gasteiger partial charge is 0.272 e. The number of nitro benzene ring substituents is 1. The van der Waals surface area contributed by atoms with Gasteiger partial charge < -0.3 is 9.88 Å². The van der Waals surface area contributed by atoms with Gasteiger partial charge in [0, 0.05) is 24.2 Å². The maximum atomic E-state index is 11.0. The van der Waals surface area contributed by atoms with Gasteiger partial charge in [-0.25, -0.2) is 0 Å². The summed E-state index contributed by atoms with van der Waals surface area (Å²) in [6.07, 6.45) is 1.69. The van der Waals surface area contributed by atoms with Crippen LogP contribution in [0.2, 0.25) is 0 Å². The minimum Gasteiger partial charge on any atom is -0.317 e. The molecule has 0 aliphatic heterocycles. The summed E-state index contributed by atoms with van der Waals surface area (Å²) in [5, 5.41) is 22.2. The van der Waals surface area contributed by atoms with E-state index in [-0.39, 0.29) is 16.7 Å². The summed E-state index contributed by atoms with van der Waals surface area (Å²) in [5.74, 6) is 0.853. The Kier molecular flexibility index (Phi) is 4.64. The van der Waals surface area contributed by atoms with E-state index >= 15 is 0 Å². The lowest BCUT2D eigenvalue weighted by Crippen LogP contribution is -2.20. The first kappa shape index (κ1) is 15.1. The normalized spacial score (nSPS) is 12.3. The molecule has 112 valence electrons. The van der Waals surface area contributed by atoms with Crippen LogP contribution < -0.4 is 5.32 Å². The van der Waals surface area contributed by atoms with Crippen molar-refractivity contribution < 1.29 is 4.92 Å². The molecular weight excluding hydrogens is 270 g/mol. The van der Waals surface area contributed by atoms with Crippen LogP contribution in [0.25, 0.3) is 0 Å². The van der Waals surface area contributed by atoms with Crippen molar-refractivity contribution in [1.29, 1.82) is 0 Å². The van der Waals surface area contributed by atoms with Crippen molar-refractivity contribution in [3.8, 4) is 0 Å². The van der Waals surface area contributed by atoms with Crippen LogP contribution in [-0.2, 0) is 13.1 Å². The lowest BCUT2D eigenvalue weighted by molar-refractivity contribution is -0.385. The molecule has 2 aromatic rings. The SMILES string of the molecule is CCn1cnnc1CNC(C)c1ccc(C)c([N+](=O)[O-])c1. The molecule has 21 heavy (non-hydrogen) atoms. The highest BCUT2D eigenvalue weighted by atomic mass is 16.6. The average molecular weight is 289 g/mol. The van der Waals surface area contributed by atoms with E-state index in [2.05, 4.69) is 15.5 Å². The molecule has 7 heteroatoms.